The van der Waals surface area contributed by atoms with Gasteiger partial charge in [0.1, 0.15) is 0 Å². The van der Waals surface area contributed by atoms with Gasteiger partial charge in [-0.15, -0.1) is 0 Å². The minimum Gasteiger partial charge on any atom is -0.462 e. The molecule has 0 saturated carbocycles. The van der Waals surface area contributed by atoms with Crippen LogP contribution in [0.1, 0.15) is 12.1 Å². The summed E-state index contributed by atoms with van der Waals surface area (Å²) in [6, 6.07) is 1.21. The van der Waals surface area contributed by atoms with Crippen LogP contribution in [-0.4, -0.2) is 72.9 Å². The first-order valence-corrected chi connectivity index (χ1v) is 8.67. The van der Waals surface area contributed by atoms with Gasteiger partial charge in [-0.2, -0.15) is 0 Å². The highest BCUT2D eigenvalue weighted by atomic mass is 16.5. The number of nitrogens with one attached hydrogen (secondary N) is 2. The van der Waals surface area contributed by atoms with E-state index in [-0.39, 0.29) is 19.6 Å². The molecule has 2 heterocycles. The molecule has 0 bridgehead atoms. The SMILES string of the molecule is O=C(/C=C/C(=O)OCCc1cc(=O)[nH]c(=O)[nH]1)OCCCN1CCOCC1. The van der Waals surface area contributed by atoms with E-state index in [0.29, 0.717) is 12.1 Å². The van der Waals surface area contributed by atoms with Crippen LogP contribution in [0.2, 0.25) is 0 Å². The molecule has 1 saturated heterocycles. The maximum absolute atomic E-state index is 11.5. The zero-order chi connectivity index (χ0) is 19.5. The number of rotatable bonds is 9. The lowest BCUT2D eigenvalue weighted by atomic mass is 10.3. The molecule has 1 aliphatic heterocycles. The van der Waals surface area contributed by atoms with Gasteiger partial charge in [0.15, 0.2) is 0 Å². The van der Waals surface area contributed by atoms with Crippen molar-refractivity contribution in [2.24, 2.45) is 0 Å². The van der Waals surface area contributed by atoms with Gasteiger partial charge in [-0.3, -0.25) is 14.7 Å². The lowest BCUT2D eigenvalue weighted by Gasteiger charge is -2.26. The van der Waals surface area contributed by atoms with Gasteiger partial charge in [-0.1, -0.05) is 0 Å². The van der Waals surface area contributed by atoms with Gasteiger partial charge in [-0.25, -0.2) is 14.4 Å². The molecule has 27 heavy (non-hydrogen) atoms. The molecule has 1 aromatic rings. The zero-order valence-electron chi connectivity index (χ0n) is 14.9. The summed E-state index contributed by atoms with van der Waals surface area (Å²) in [5.41, 5.74) is -0.809. The Morgan fingerprint density at radius 2 is 1.74 bits per heavy atom. The number of carbonyl (C=O) groups is 2. The lowest BCUT2D eigenvalue weighted by molar-refractivity contribution is -0.140. The molecule has 148 valence electrons. The van der Waals surface area contributed by atoms with Crippen LogP contribution in [0.3, 0.4) is 0 Å². The normalized spacial score (nSPS) is 15.0. The second-order valence-electron chi connectivity index (χ2n) is 5.84. The fraction of sp³-hybridized carbons (Fsp3) is 0.529. The van der Waals surface area contributed by atoms with Gasteiger partial charge in [0, 0.05) is 50.0 Å². The molecule has 1 aromatic heterocycles. The molecular weight excluding hydrogens is 358 g/mol. The smallest absolute Gasteiger partial charge is 0.331 e. The average Bonchev–Trinajstić information content (AvgIpc) is 2.64. The number of morpholine rings is 1. The van der Waals surface area contributed by atoms with Crippen LogP contribution in [-0.2, 0) is 30.2 Å². The maximum atomic E-state index is 11.5. The molecule has 10 heteroatoms. The van der Waals surface area contributed by atoms with E-state index in [0.717, 1.165) is 45.0 Å². The van der Waals surface area contributed by atoms with Crippen molar-refractivity contribution in [3.8, 4) is 0 Å². The number of esters is 2. The standard InChI is InChI=1S/C17H23N3O7/c21-14-12-13(18-17(24)19-14)4-9-27-16(23)3-2-15(22)26-8-1-5-20-6-10-25-11-7-20/h2-3,12H,1,4-11H2,(H2,18,19,21,24)/b3-2+. The van der Waals surface area contributed by atoms with Crippen molar-refractivity contribution in [1.82, 2.24) is 14.9 Å². The molecule has 10 nitrogen and oxygen atoms in total. The highest BCUT2D eigenvalue weighted by Crippen LogP contribution is 1.98. The van der Waals surface area contributed by atoms with Crippen LogP contribution in [0.25, 0.3) is 0 Å². The van der Waals surface area contributed by atoms with E-state index < -0.39 is 23.2 Å². The van der Waals surface area contributed by atoms with Crippen molar-refractivity contribution in [2.45, 2.75) is 12.8 Å². The fourth-order valence-electron chi connectivity index (χ4n) is 2.43. The van der Waals surface area contributed by atoms with Gasteiger partial charge in [0.25, 0.3) is 5.56 Å². The Hall–Kier alpha value is -2.72. The van der Waals surface area contributed by atoms with E-state index in [1.807, 2.05) is 4.98 Å². The van der Waals surface area contributed by atoms with Crippen molar-refractivity contribution in [3.63, 3.8) is 0 Å². The Bertz CT molecular complexity index is 734. The van der Waals surface area contributed by atoms with E-state index in [9.17, 15) is 19.2 Å². The summed E-state index contributed by atoms with van der Waals surface area (Å²) in [6.45, 7) is 4.26. The predicted molar refractivity (Wildman–Crippen MR) is 94.3 cm³/mol. The summed E-state index contributed by atoms with van der Waals surface area (Å²) >= 11 is 0. The Balaban J connectivity index is 1.58. The summed E-state index contributed by atoms with van der Waals surface area (Å²) in [4.78, 5) is 52.0. The van der Waals surface area contributed by atoms with Crippen molar-refractivity contribution >= 4 is 11.9 Å². The molecule has 2 N–H and O–H groups in total. The lowest BCUT2D eigenvalue weighted by Crippen LogP contribution is -2.37. The molecule has 0 amide bonds. The van der Waals surface area contributed by atoms with Crippen molar-refractivity contribution in [3.05, 3.63) is 44.8 Å². The molecule has 1 fully saturated rings. The number of hydrogen-bond donors (Lipinski definition) is 2. The highest BCUT2D eigenvalue weighted by molar-refractivity contribution is 5.91. The summed E-state index contributed by atoms with van der Waals surface area (Å²) in [6.07, 6.45) is 2.86. The third-order valence-electron chi connectivity index (χ3n) is 3.75. The van der Waals surface area contributed by atoms with Crippen LogP contribution in [0.4, 0.5) is 0 Å². The molecule has 0 unspecified atom stereocenters. The first-order chi connectivity index (χ1) is 13.0. The van der Waals surface area contributed by atoms with Crippen molar-refractivity contribution in [2.75, 3.05) is 46.1 Å². The largest absolute Gasteiger partial charge is 0.462 e. The highest BCUT2D eigenvalue weighted by Gasteiger charge is 2.09. The number of aromatic nitrogens is 2. The molecule has 2 rings (SSSR count). The predicted octanol–water partition coefficient (Wildman–Crippen LogP) is -1.03. The third kappa shape index (κ3) is 8.47. The molecule has 0 aromatic carbocycles. The number of hydrogen-bond acceptors (Lipinski definition) is 8. The quantitative estimate of drug-likeness (QED) is 0.315. The first kappa shape index (κ1) is 20.6. The summed E-state index contributed by atoms with van der Waals surface area (Å²) in [5.74, 6) is -1.33. The van der Waals surface area contributed by atoms with Gasteiger partial charge < -0.3 is 19.2 Å². The van der Waals surface area contributed by atoms with E-state index in [1.54, 1.807) is 0 Å². The molecular formula is C17H23N3O7. The fourth-order valence-corrected chi connectivity index (χ4v) is 2.43. The number of carbonyl (C=O) groups excluding carboxylic acids is 2. The molecule has 0 atom stereocenters. The van der Waals surface area contributed by atoms with Gasteiger partial charge in [0.2, 0.25) is 0 Å². The maximum Gasteiger partial charge on any atom is 0.331 e. The van der Waals surface area contributed by atoms with E-state index in [4.69, 9.17) is 14.2 Å². The second-order valence-corrected chi connectivity index (χ2v) is 5.84. The van der Waals surface area contributed by atoms with Gasteiger partial charge in [-0.05, 0) is 6.42 Å². The van der Waals surface area contributed by atoms with Gasteiger partial charge in [0.05, 0.1) is 26.4 Å². The van der Waals surface area contributed by atoms with E-state index in [2.05, 4.69) is 9.88 Å². The second kappa shape index (κ2) is 11.1. The Morgan fingerprint density at radius 3 is 2.41 bits per heavy atom. The molecule has 0 radical (unpaired) electrons. The van der Waals surface area contributed by atoms with Crippen LogP contribution in [0.5, 0.6) is 0 Å². The minimum absolute atomic E-state index is 0.0445. The van der Waals surface area contributed by atoms with Crippen molar-refractivity contribution in [1.29, 1.82) is 0 Å². The number of ether oxygens (including phenoxy) is 3. The monoisotopic (exact) mass is 381 g/mol. The van der Waals surface area contributed by atoms with Crippen LogP contribution in [0.15, 0.2) is 27.8 Å². The molecule has 0 spiro atoms. The van der Waals surface area contributed by atoms with Crippen molar-refractivity contribution < 1.29 is 23.8 Å². The number of aromatic amines is 2. The Kier molecular flexibility index (Phi) is 8.46. The summed E-state index contributed by atoms with van der Waals surface area (Å²) < 4.78 is 15.2. The third-order valence-corrected chi connectivity index (χ3v) is 3.75. The van der Waals surface area contributed by atoms with Crippen LogP contribution >= 0.6 is 0 Å². The molecule has 1 aliphatic rings. The van der Waals surface area contributed by atoms with Gasteiger partial charge >= 0.3 is 17.6 Å². The van der Waals surface area contributed by atoms with Crippen LogP contribution < -0.4 is 11.2 Å². The molecule has 0 aliphatic carbocycles. The number of nitrogens with zero attached hydrogens (tertiary/aromatic N) is 1. The summed E-state index contributed by atoms with van der Waals surface area (Å²) in [7, 11) is 0. The Labute approximate surface area is 155 Å². The number of H-pyrrole nitrogens is 2. The minimum atomic E-state index is -0.715. The van der Waals surface area contributed by atoms with Crippen LogP contribution in [0, 0.1) is 0 Å². The van der Waals surface area contributed by atoms with E-state index >= 15 is 0 Å². The van der Waals surface area contributed by atoms with E-state index in [1.165, 1.54) is 6.07 Å². The average molecular weight is 381 g/mol. The topological polar surface area (TPSA) is 131 Å². The first-order valence-electron chi connectivity index (χ1n) is 8.67. The Morgan fingerprint density at radius 1 is 1.07 bits per heavy atom. The zero-order valence-corrected chi connectivity index (χ0v) is 14.9. The summed E-state index contributed by atoms with van der Waals surface area (Å²) in [5, 5.41) is 0.